The minimum absolute atomic E-state index is 0.0339. The molecule has 0 saturated carbocycles. The van der Waals surface area contributed by atoms with Crippen molar-refractivity contribution in [2.75, 3.05) is 11.6 Å². The lowest BCUT2D eigenvalue weighted by molar-refractivity contribution is -0.593. The van der Waals surface area contributed by atoms with Crippen LogP contribution in [0.1, 0.15) is 23.0 Å². The van der Waals surface area contributed by atoms with Crippen LogP contribution in [0.5, 0.6) is 0 Å². The maximum atomic E-state index is 7.62. The fourth-order valence-corrected chi connectivity index (χ4v) is 16.4. The van der Waals surface area contributed by atoms with Gasteiger partial charge in [-0.3, -0.25) is 15.0 Å². The number of nitrogens with zero attached hydrogens (tertiary/aromatic N) is 7. The van der Waals surface area contributed by atoms with Crippen molar-refractivity contribution in [2.45, 2.75) is 11.8 Å². The third-order valence-corrected chi connectivity index (χ3v) is 21.3. The van der Waals surface area contributed by atoms with Gasteiger partial charge in [0.25, 0.3) is 5.69 Å². The van der Waals surface area contributed by atoms with Crippen LogP contribution in [0, 0.1) is 0 Å². The SMILES string of the molecule is C1=NN(c2cc3oc4c(-c5ccc(-c6ccccc6-c6cccnc6)cc5)ccc5c6cc(-c7cnc(-c8cccc9cc%10ccccc%10cc89)nc7)cc7oc8c(-[n+]9ccc%10c(ccc%11cc(-c%12ccccc%12)ccc%11%10)c9)ccc(c(c2)c3c45)c8c76)CC(c2ccncc2)C1c1ccccc1. The molecule has 7 heterocycles. The molecule has 476 valence electrons. The molecule has 2 atom stereocenters. The van der Waals surface area contributed by atoms with Gasteiger partial charge in [0.15, 0.2) is 18.2 Å². The highest BCUT2D eigenvalue weighted by Gasteiger charge is 2.33. The topological polar surface area (TPSA) is 97.3 Å². The lowest BCUT2D eigenvalue weighted by Crippen LogP contribution is -2.33. The van der Waals surface area contributed by atoms with E-state index >= 15 is 0 Å². The van der Waals surface area contributed by atoms with Crippen LogP contribution in [0.2, 0.25) is 0 Å². The Morgan fingerprint density at radius 3 is 1.79 bits per heavy atom. The summed E-state index contributed by atoms with van der Waals surface area (Å²) in [5.74, 6) is 0.750. The Labute approximate surface area is 585 Å². The first-order chi connectivity index (χ1) is 50.5. The zero-order valence-electron chi connectivity index (χ0n) is 55.0. The lowest BCUT2D eigenvalue weighted by Gasteiger charge is -2.34. The Balaban J connectivity index is 0.802. The van der Waals surface area contributed by atoms with E-state index in [4.69, 9.17) is 23.9 Å². The zero-order valence-corrected chi connectivity index (χ0v) is 55.0. The highest BCUT2D eigenvalue weighted by atomic mass is 16.3. The number of aromatic nitrogens is 5. The molecule has 0 amide bonds. The van der Waals surface area contributed by atoms with Crippen LogP contribution in [0.15, 0.2) is 336 Å². The molecule has 102 heavy (non-hydrogen) atoms. The van der Waals surface area contributed by atoms with Crippen molar-refractivity contribution in [1.29, 1.82) is 0 Å². The second kappa shape index (κ2) is 23.1. The van der Waals surface area contributed by atoms with Gasteiger partial charge in [-0.2, -0.15) is 9.67 Å². The van der Waals surface area contributed by atoms with Gasteiger partial charge in [-0.15, -0.1) is 0 Å². The average molecular weight is 1310 g/mol. The predicted octanol–water partition coefficient (Wildman–Crippen LogP) is 23.1. The Morgan fingerprint density at radius 2 is 0.990 bits per heavy atom. The van der Waals surface area contributed by atoms with Crippen LogP contribution >= 0.6 is 0 Å². The van der Waals surface area contributed by atoms with Crippen LogP contribution in [0.25, 0.3) is 181 Å². The van der Waals surface area contributed by atoms with Crippen molar-refractivity contribution in [3.05, 3.63) is 334 Å². The highest BCUT2D eigenvalue weighted by molar-refractivity contribution is 6.38. The van der Waals surface area contributed by atoms with Crippen molar-refractivity contribution in [3.8, 4) is 72.7 Å². The number of anilines is 1. The summed E-state index contributed by atoms with van der Waals surface area (Å²) in [6, 6.07) is 98.2. The molecule has 14 aromatic carbocycles. The van der Waals surface area contributed by atoms with Crippen molar-refractivity contribution in [2.24, 2.45) is 5.10 Å². The summed E-state index contributed by atoms with van der Waals surface area (Å²) < 4.78 is 17.5. The minimum atomic E-state index is 0.0339. The number of hydrazone groups is 1. The number of benzene rings is 13. The van der Waals surface area contributed by atoms with Crippen LogP contribution in [-0.2, 0) is 0 Å². The van der Waals surface area contributed by atoms with E-state index in [1.165, 1.54) is 49.2 Å². The summed E-state index contributed by atoms with van der Waals surface area (Å²) >= 11 is 0. The van der Waals surface area contributed by atoms with Gasteiger partial charge in [0.2, 0.25) is 5.58 Å². The fraction of sp³-hybridized carbons (Fsp3) is 0.0323. The largest absolute Gasteiger partial charge is 0.455 e. The summed E-state index contributed by atoms with van der Waals surface area (Å²) in [5.41, 5.74) is 18.9. The molecule has 1 aliphatic heterocycles. The molecule has 0 saturated heterocycles. The maximum absolute atomic E-state index is 7.62. The van der Waals surface area contributed by atoms with Crippen LogP contribution < -0.4 is 9.58 Å². The molecule has 0 bridgehead atoms. The van der Waals surface area contributed by atoms with Crippen molar-refractivity contribution < 1.29 is 13.4 Å². The molecule has 0 spiro atoms. The molecule has 9 nitrogen and oxygen atoms in total. The van der Waals surface area contributed by atoms with E-state index in [0.29, 0.717) is 12.4 Å². The van der Waals surface area contributed by atoms with E-state index in [1.807, 2.05) is 43.2 Å². The van der Waals surface area contributed by atoms with E-state index in [1.54, 1.807) is 0 Å². The van der Waals surface area contributed by atoms with Crippen LogP contribution in [0.3, 0.4) is 0 Å². The van der Waals surface area contributed by atoms with Crippen molar-refractivity contribution >= 4 is 120 Å². The molecule has 9 heteroatoms. The van der Waals surface area contributed by atoms with Crippen molar-refractivity contribution in [3.63, 3.8) is 0 Å². The molecular formula is C93H58N7O2+. The predicted molar refractivity (Wildman–Crippen MR) is 417 cm³/mol. The summed E-state index contributed by atoms with van der Waals surface area (Å²) in [6.07, 6.45) is 18.0. The highest BCUT2D eigenvalue weighted by Crippen LogP contribution is 2.51. The third-order valence-electron chi connectivity index (χ3n) is 21.3. The smallest absolute Gasteiger partial charge is 0.254 e. The molecule has 0 fully saturated rings. The second-order valence-electron chi connectivity index (χ2n) is 26.9. The van der Waals surface area contributed by atoms with Gasteiger partial charge in [0, 0.05) is 135 Å². The molecule has 2 unspecified atom stereocenters. The number of rotatable bonds is 10. The van der Waals surface area contributed by atoms with E-state index in [-0.39, 0.29) is 11.8 Å². The van der Waals surface area contributed by atoms with E-state index in [9.17, 15) is 0 Å². The Bertz CT molecular complexity index is 6780. The molecular weight excluding hydrogens is 1250 g/mol. The van der Waals surface area contributed by atoms with Gasteiger partial charge in [-0.1, -0.05) is 182 Å². The number of furan rings is 2. The van der Waals surface area contributed by atoms with Gasteiger partial charge < -0.3 is 8.83 Å². The number of fused-ring (bicyclic) bond motifs is 7. The average Bonchev–Trinajstić information content (AvgIpc) is 1.52. The second-order valence-corrected chi connectivity index (χ2v) is 26.9. The van der Waals surface area contributed by atoms with Crippen LogP contribution in [-0.4, -0.2) is 32.7 Å². The molecule has 0 N–H and O–H groups in total. The molecule has 6 aromatic heterocycles. The molecule has 0 radical (unpaired) electrons. The molecule has 21 rings (SSSR count). The Kier molecular flexibility index (Phi) is 13.0. The van der Waals surface area contributed by atoms with Gasteiger partial charge in [0.1, 0.15) is 16.7 Å². The quantitative estimate of drug-likeness (QED) is 0.0764. The molecule has 0 aliphatic carbocycles. The summed E-state index contributed by atoms with van der Waals surface area (Å²) in [6.45, 7) is 0.611. The summed E-state index contributed by atoms with van der Waals surface area (Å²) in [7, 11) is 0. The molecule has 20 aromatic rings. The minimum Gasteiger partial charge on any atom is -0.455 e. The summed E-state index contributed by atoms with van der Waals surface area (Å²) in [4.78, 5) is 19.3. The zero-order chi connectivity index (χ0) is 66.9. The first kappa shape index (κ1) is 57.6. The van der Waals surface area contributed by atoms with Gasteiger partial charge in [-0.05, 0) is 177 Å². The molecule has 1 aliphatic rings. The standard InChI is InChI=1S/C93H58N7O2/c1-3-13-56(14-4-1)63-30-31-73-65(44-63)28-29-67-54-99(42-38-74(67)73)84-35-34-77-81-48-70(100-55-83(60-36-40-94-41-37-60)82(53-98-100)57-15-5-2-6-16-57)49-86-88(81)89-76(33-32-75(91(89)101-86)59-26-24-58(25-27-59)71-21-9-10-22-72(71)66-20-12-39-95-50-66)80-46-68(47-85-87(80)90(77)92(84)102-85)69-51-96-93(97-52-69)78-23-11-19-64-43-61-17-7-8-18-62(61)45-79(64)78/h1-54,82-83H,55H2/q+1. The van der Waals surface area contributed by atoms with E-state index < -0.39 is 0 Å². The number of hydrogen-bond donors (Lipinski definition) is 0. The normalized spacial score (nSPS) is 14.2. The van der Waals surface area contributed by atoms with E-state index in [0.717, 1.165) is 143 Å². The first-order valence-electron chi connectivity index (χ1n) is 34.7. The third kappa shape index (κ3) is 9.32. The van der Waals surface area contributed by atoms with Gasteiger partial charge >= 0.3 is 0 Å². The van der Waals surface area contributed by atoms with Gasteiger partial charge in [-0.25, -0.2) is 9.97 Å². The summed E-state index contributed by atoms with van der Waals surface area (Å²) in [5, 5.41) is 24.9. The van der Waals surface area contributed by atoms with Gasteiger partial charge in [0.05, 0.1) is 5.69 Å². The number of pyridine rings is 3. The lowest BCUT2D eigenvalue weighted by atomic mass is 9.81. The van der Waals surface area contributed by atoms with E-state index in [2.05, 4.69) is 305 Å². The fourth-order valence-electron chi connectivity index (χ4n) is 16.4. The Morgan fingerprint density at radius 1 is 0.353 bits per heavy atom. The maximum Gasteiger partial charge on any atom is 0.254 e. The van der Waals surface area contributed by atoms with Crippen molar-refractivity contribution in [1.82, 2.24) is 19.9 Å². The van der Waals surface area contributed by atoms with Crippen LogP contribution in [0.4, 0.5) is 5.69 Å². The number of hydrogen-bond acceptors (Lipinski definition) is 8. The monoisotopic (exact) mass is 1300 g/mol. The first-order valence-corrected chi connectivity index (χ1v) is 34.7. The Hall–Kier alpha value is -13.5.